The van der Waals surface area contributed by atoms with E-state index in [9.17, 15) is 9.59 Å². The number of anilines is 2. The molecule has 0 aliphatic carbocycles. The third-order valence-corrected chi connectivity index (χ3v) is 3.75. The summed E-state index contributed by atoms with van der Waals surface area (Å²) in [4.78, 5) is 24.8. The number of nitrogen functional groups attached to an aromatic ring is 1. The van der Waals surface area contributed by atoms with Gasteiger partial charge in [-0.2, -0.15) is 0 Å². The number of hydrogen-bond donors (Lipinski definition) is 3. The molecular formula is C14H20N4O2. The molecule has 6 nitrogen and oxygen atoms in total. The van der Waals surface area contributed by atoms with E-state index in [0.29, 0.717) is 11.3 Å². The van der Waals surface area contributed by atoms with Gasteiger partial charge in [-0.15, -0.1) is 0 Å². The maximum absolute atomic E-state index is 11.5. The molecule has 2 rings (SSSR count). The van der Waals surface area contributed by atoms with Crippen molar-refractivity contribution in [3.05, 3.63) is 23.8 Å². The Morgan fingerprint density at radius 3 is 2.45 bits per heavy atom. The highest BCUT2D eigenvalue weighted by atomic mass is 16.2. The average molecular weight is 276 g/mol. The Morgan fingerprint density at radius 1 is 1.30 bits per heavy atom. The van der Waals surface area contributed by atoms with Crippen molar-refractivity contribution in [1.29, 1.82) is 0 Å². The minimum absolute atomic E-state index is 0.0439. The van der Waals surface area contributed by atoms with E-state index in [4.69, 9.17) is 11.5 Å². The normalized spacial score (nSPS) is 15.9. The number of nitrogens with one attached hydrogen (secondary N) is 1. The first-order valence-corrected chi connectivity index (χ1v) is 6.68. The van der Waals surface area contributed by atoms with E-state index in [1.54, 1.807) is 19.2 Å². The van der Waals surface area contributed by atoms with Crippen LogP contribution in [0, 0.1) is 5.92 Å². The lowest BCUT2D eigenvalue weighted by atomic mass is 9.95. The third-order valence-electron chi connectivity index (χ3n) is 3.75. The van der Waals surface area contributed by atoms with E-state index in [1.807, 2.05) is 6.07 Å². The molecule has 0 atom stereocenters. The first-order chi connectivity index (χ1) is 9.52. The minimum atomic E-state index is -0.229. The lowest BCUT2D eigenvalue weighted by Crippen LogP contribution is -2.38. The van der Waals surface area contributed by atoms with Crippen LogP contribution in [0.4, 0.5) is 11.4 Å². The van der Waals surface area contributed by atoms with Crippen LogP contribution in [-0.2, 0) is 4.79 Å². The number of carbonyl (C=O) groups excluding carboxylic acids is 2. The first-order valence-electron chi connectivity index (χ1n) is 6.68. The summed E-state index contributed by atoms with van der Waals surface area (Å²) in [6.07, 6.45) is 1.48. The predicted octanol–water partition coefficient (Wildman–Crippen LogP) is 0.330. The van der Waals surface area contributed by atoms with Gasteiger partial charge in [0.25, 0.3) is 5.91 Å². The summed E-state index contributed by atoms with van der Waals surface area (Å²) in [6.45, 7) is 1.49. The molecule has 0 saturated carbocycles. The topological polar surface area (TPSA) is 101 Å². The van der Waals surface area contributed by atoms with Crippen LogP contribution in [-0.4, -0.2) is 32.0 Å². The Kier molecular flexibility index (Phi) is 4.12. The van der Waals surface area contributed by atoms with Crippen LogP contribution in [0.1, 0.15) is 23.2 Å². The van der Waals surface area contributed by atoms with Crippen molar-refractivity contribution in [3.8, 4) is 0 Å². The van der Waals surface area contributed by atoms with Gasteiger partial charge >= 0.3 is 0 Å². The van der Waals surface area contributed by atoms with Gasteiger partial charge in [-0.3, -0.25) is 9.59 Å². The van der Waals surface area contributed by atoms with Crippen LogP contribution in [0.25, 0.3) is 0 Å². The van der Waals surface area contributed by atoms with Crippen LogP contribution < -0.4 is 21.7 Å². The Hall–Kier alpha value is -2.24. The van der Waals surface area contributed by atoms with Crippen molar-refractivity contribution in [2.75, 3.05) is 30.8 Å². The van der Waals surface area contributed by atoms with Crippen molar-refractivity contribution in [2.24, 2.45) is 11.7 Å². The molecule has 6 heteroatoms. The fraction of sp³-hybridized carbons (Fsp3) is 0.429. The van der Waals surface area contributed by atoms with Crippen molar-refractivity contribution < 1.29 is 9.59 Å². The van der Waals surface area contributed by atoms with E-state index in [2.05, 4.69) is 10.2 Å². The van der Waals surface area contributed by atoms with Crippen LogP contribution in [0.15, 0.2) is 18.2 Å². The van der Waals surface area contributed by atoms with E-state index in [-0.39, 0.29) is 17.7 Å². The highest BCUT2D eigenvalue weighted by molar-refractivity contribution is 5.96. The van der Waals surface area contributed by atoms with Crippen LogP contribution >= 0.6 is 0 Å². The summed E-state index contributed by atoms with van der Waals surface area (Å²) in [6, 6.07) is 5.28. The number of primary amides is 1. The van der Waals surface area contributed by atoms with Gasteiger partial charge in [-0.25, -0.2) is 0 Å². The zero-order valence-electron chi connectivity index (χ0n) is 11.6. The molecule has 1 aromatic carbocycles. The van der Waals surface area contributed by atoms with Crippen molar-refractivity contribution >= 4 is 23.2 Å². The highest BCUT2D eigenvalue weighted by Crippen LogP contribution is 2.28. The van der Waals surface area contributed by atoms with E-state index in [0.717, 1.165) is 31.6 Å². The maximum atomic E-state index is 11.5. The highest BCUT2D eigenvalue weighted by Gasteiger charge is 2.24. The fourth-order valence-electron chi connectivity index (χ4n) is 2.53. The number of nitrogens with two attached hydrogens (primary N) is 2. The lowest BCUT2D eigenvalue weighted by molar-refractivity contribution is -0.122. The fourth-order valence-corrected chi connectivity index (χ4v) is 2.53. The van der Waals surface area contributed by atoms with Crippen molar-refractivity contribution in [2.45, 2.75) is 12.8 Å². The first kappa shape index (κ1) is 14.2. The van der Waals surface area contributed by atoms with Crippen LogP contribution in [0.5, 0.6) is 0 Å². The molecule has 5 N–H and O–H groups in total. The Labute approximate surface area is 118 Å². The second kappa shape index (κ2) is 5.81. The Bertz CT molecular complexity index is 522. The van der Waals surface area contributed by atoms with Gasteiger partial charge in [0, 0.05) is 31.6 Å². The molecule has 0 spiro atoms. The van der Waals surface area contributed by atoms with Gasteiger partial charge in [0.2, 0.25) is 5.91 Å². The Morgan fingerprint density at radius 2 is 1.95 bits per heavy atom. The monoisotopic (exact) mass is 276 g/mol. The van der Waals surface area contributed by atoms with E-state index in [1.165, 1.54) is 0 Å². The van der Waals surface area contributed by atoms with Crippen LogP contribution in [0.3, 0.4) is 0 Å². The molecule has 0 radical (unpaired) electrons. The molecular weight excluding hydrogens is 256 g/mol. The molecule has 1 fully saturated rings. The number of carbonyl (C=O) groups is 2. The molecule has 0 unspecified atom stereocenters. The summed E-state index contributed by atoms with van der Waals surface area (Å²) in [5.74, 6) is -0.430. The standard InChI is InChI=1S/C14H20N4O2/c1-17-14(20)10-2-3-12(11(15)8-10)18-6-4-9(5-7-18)13(16)19/h2-3,8-9H,4-7,15H2,1H3,(H2,16,19)(H,17,20). The average Bonchev–Trinajstić information content (AvgIpc) is 2.46. The Balaban J connectivity index is 2.11. The van der Waals surface area contributed by atoms with Gasteiger partial charge in [0.05, 0.1) is 11.4 Å². The largest absolute Gasteiger partial charge is 0.397 e. The smallest absolute Gasteiger partial charge is 0.251 e. The molecule has 1 aromatic rings. The number of hydrogen-bond acceptors (Lipinski definition) is 4. The van der Waals surface area contributed by atoms with Gasteiger partial charge in [-0.1, -0.05) is 0 Å². The van der Waals surface area contributed by atoms with Crippen molar-refractivity contribution in [1.82, 2.24) is 5.32 Å². The third kappa shape index (κ3) is 2.84. The van der Waals surface area contributed by atoms with Crippen LogP contribution in [0.2, 0.25) is 0 Å². The molecule has 0 aromatic heterocycles. The number of nitrogens with zero attached hydrogens (tertiary/aromatic N) is 1. The maximum Gasteiger partial charge on any atom is 0.251 e. The number of piperidine rings is 1. The zero-order valence-corrected chi connectivity index (χ0v) is 11.6. The van der Waals surface area contributed by atoms with Crippen molar-refractivity contribution in [3.63, 3.8) is 0 Å². The molecule has 108 valence electrons. The second-order valence-electron chi connectivity index (χ2n) is 5.02. The van der Waals surface area contributed by atoms with Gasteiger partial charge < -0.3 is 21.7 Å². The van der Waals surface area contributed by atoms with Gasteiger partial charge in [0.15, 0.2) is 0 Å². The zero-order chi connectivity index (χ0) is 14.7. The molecule has 0 bridgehead atoms. The predicted molar refractivity (Wildman–Crippen MR) is 78.4 cm³/mol. The SMILES string of the molecule is CNC(=O)c1ccc(N2CCC(C(N)=O)CC2)c(N)c1. The quantitative estimate of drug-likeness (QED) is 0.692. The summed E-state index contributed by atoms with van der Waals surface area (Å²) in [7, 11) is 1.58. The molecule has 1 aliphatic rings. The summed E-state index contributed by atoms with van der Waals surface area (Å²) >= 11 is 0. The summed E-state index contributed by atoms with van der Waals surface area (Å²) in [5.41, 5.74) is 13.4. The molecule has 1 heterocycles. The number of rotatable bonds is 3. The lowest BCUT2D eigenvalue weighted by Gasteiger charge is -2.33. The molecule has 1 aliphatic heterocycles. The van der Waals surface area contributed by atoms with Gasteiger partial charge in [-0.05, 0) is 31.0 Å². The van der Waals surface area contributed by atoms with Gasteiger partial charge in [0.1, 0.15) is 0 Å². The molecule has 2 amide bonds. The van der Waals surface area contributed by atoms with E-state index >= 15 is 0 Å². The number of benzene rings is 1. The summed E-state index contributed by atoms with van der Waals surface area (Å²) < 4.78 is 0. The molecule has 1 saturated heterocycles. The second-order valence-corrected chi connectivity index (χ2v) is 5.02. The number of amides is 2. The minimum Gasteiger partial charge on any atom is -0.397 e. The molecule has 20 heavy (non-hydrogen) atoms. The summed E-state index contributed by atoms with van der Waals surface area (Å²) in [5, 5.41) is 2.57. The van der Waals surface area contributed by atoms with E-state index < -0.39 is 0 Å².